The molecule has 0 aliphatic carbocycles. The molecule has 0 spiro atoms. The van der Waals surface area contributed by atoms with Crippen LogP contribution in [0.2, 0.25) is 0 Å². The Labute approximate surface area is 229 Å². The number of hydrogen-bond donors (Lipinski definition) is 6. The van der Waals surface area contributed by atoms with Crippen LogP contribution in [0.3, 0.4) is 0 Å². The standard InChI is InChI=1S/C27H36N12/c1-19-32-22(37-25(33-19)34-20-11-7-5-8-12-20)28-15-16-29-23-36-24(30-17-18-31-27(2,3)4)39-26(38-23)35-21-13-9-6-10-14-21/h5-14,31H,15-18H2,1-4H3,(H2,28,32,33,34,37)(H3,29,30,35,36,38,39). The molecular weight excluding hydrogens is 492 g/mol. The van der Waals surface area contributed by atoms with Crippen LogP contribution in [0, 0.1) is 6.92 Å². The van der Waals surface area contributed by atoms with Gasteiger partial charge in [0.05, 0.1) is 0 Å². The van der Waals surface area contributed by atoms with Gasteiger partial charge in [-0.3, -0.25) is 0 Å². The topological polar surface area (TPSA) is 150 Å². The van der Waals surface area contributed by atoms with Crippen molar-refractivity contribution in [3.05, 3.63) is 66.5 Å². The highest BCUT2D eigenvalue weighted by Crippen LogP contribution is 2.16. The monoisotopic (exact) mass is 528 g/mol. The van der Waals surface area contributed by atoms with Crippen LogP contribution in [-0.4, -0.2) is 61.6 Å². The lowest BCUT2D eigenvalue weighted by molar-refractivity contribution is 0.435. The minimum atomic E-state index is 0.0377. The van der Waals surface area contributed by atoms with E-state index >= 15 is 0 Å². The van der Waals surface area contributed by atoms with Crippen molar-refractivity contribution in [3.63, 3.8) is 0 Å². The van der Waals surface area contributed by atoms with Gasteiger partial charge >= 0.3 is 0 Å². The van der Waals surface area contributed by atoms with Crippen LogP contribution in [0.5, 0.6) is 0 Å². The normalized spacial score (nSPS) is 11.1. The molecule has 0 saturated heterocycles. The van der Waals surface area contributed by atoms with Crippen molar-refractivity contribution in [2.75, 3.05) is 52.8 Å². The number of aromatic nitrogens is 6. The molecule has 39 heavy (non-hydrogen) atoms. The molecule has 0 radical (unpaired) electrons. The third-order valence-electron chi connectivity index (χ3n) is 5.20. The summed E-state index contributed by atoms with van der Waals surface area (Å²) in [5.74, 6) is 2.97. The molecular formula is C27H36N12. The van der Waals surface area contributed by atoms with Crippen LogP contribution in [0.25, 0.3) is 0 Å². The summed E-state index contributed by atoms with van der Waals surface area (Å²) in [6, 6.07) is 19.6. The summed E-state index contributed by atoms with van der Waals surface area (Å²) in [4.78, 5) is 26.8. The number of hydrogen-bond acceptors (Lipinski definition) is 12. The molecule has 0 aliphatic heterocycles. The molecule has 0 fully saturated rings. The van der Waals surface area contributed by atoms with Gasteiger partial charge in [0.15, 0.2) is 0 Å². The summed E-state index contributed by atoms with van der Waals surface area (Å²) in [6.07, 6.45) is 0. The summed E-state index contributed by atoms with van der Waals surface area (Å²) in [6.45, 7) is 10.7. The molecule has 0 unspecified atom stereocenters. The Bertz CT molecular complexity index is 1310. The average Bonchev–Trinajstić information content (AvgIpc) is 2.89. The van der Waals surface area contributed by atoms with Crippen molar-refractivity contribution in [2.24, 2.45) is 0 Å². The fraction of sp³-hybridized carbons (Fsp3) is 0.333. The number of para-hydroxylation sites is 2. The molecule has 0 aliphatic rings. The molecule has 0 atom stereocenters. The van der Waals surface area contributed by atoms with Gasteiger partial charge in [-0.1, -0.05) is 36.4 Å². The lowest BCUT2D eigenvalue weighted by Gasteiger charge is -2.20. The van der Waals surface area contributed by atoms with Crippen molar-refractivity contribution >= 4 is 41.1 Å². The quantitative estimate of drug-likeness (QED) is 0.138. The Hall–Kier alpha value is -4.58. The van der Waals surface area contributed by atoms with Gasteiger partial charge in [-0.2, -0.15) is 29.9 Å². The van der Waals surface area contributed by atoms with Gasteiger partial charge in [0.1, 0.15) is 5.82 Å². The Balaban J connectivity index is 1.36. The van der Waals surface area contributed by atoms with Gasteiger partial charge in [-0.25, -0.2) is 0 Å². The molecule has 4 aromatic rings. The fourth-order valence-electron chi connectivity index (χ4n) is 3.47. The molecule has 0 bridgehead atoms. The van der Waals surface area contributed by atoms with E-state index in [0.29, 0.717) is 55.2 Å². The number of anilines is 7. The van der Waals surface area contributed by atoms with Crippen LogP contribution in [0.15, 0.2) is 60.7 Å². The fourth-order valence-corrected chi connectivity index (χ4v) is 3.47. The number of rotatable bonds is 13. The van der Waals surface area contributed by atoms with E-state index in [4.69, 9.17) is 0 Å². The predicted molar refractivity (Wildman–Crippen MR) is 157 cm³/mol. The molecule has 12 heteroatoms. The molecule has 0 saturated carbocycles. The van der Waals surface area contributed by atoms with Crippen LogP contribution >= 0.6 is 0 Å². The number of nitrogens with zero attached hydrogens (tertiary/aromatic N) is 6. The van der Waals surface area contributed by atoms with E-state index in [2.05, 4.69) is 82.6 Å². The lowest BCUT2D eigenvalue weighted by atomic mass is 10.1. The highest BCUT2D eigenvalue weighted by Gasteiger charge is 2.10. The molecule has 0 amide bonds. The third kappa shape index (κ3) is 9.67. The molecule has 2 aromatic carbocycles. The van der Waals surface area contributed by atoms with Crippen LogP contribution < -0.4 is 31.9 Å². The smallest absolute Gasteiger partial charge is 0.233 e. The molecule has 2 heterocycles. The lowest BCUT2D eigenvalue weighted by Crippen LogP contribution is -2.38. The van der Waals surface area contributed by atoms with Gasteiger partial charge in [0.2, 0.25) is 29.7 Å². The maximum absolute atomic E-state index is 4.54. The number of aryl methyl sites for hydroxylation is 1. The maximum Gasteiger partial charge on any atom is 0.233 e. The number of nitrogens with one attached hydrogen (secondary N) is 6. The first-order valence-electron chi connectivity index (χ1n) is 12.9. The number of benzene rings is 2. The highest BCUT2D eigenvalue weighted by molar-refractivity contribution is 5.56. The molecule has 6 N–H and O–H groups in total. The van der Waals surface area contributed by atoms with E-state index in [-0.39, 0.29) is 5.54 Å². The minimum Gasteiger partial charge on any atom is -0.353 e. The molecule has 204 valence electrons. The zero-order valence-corrected chi connectivity index (χ0v) is 22.8. The SMILES string of the molecule is Cc1nc(NCCNc2nc(NCCNC(C)(C)C)nc(Nc3ccccc3)n2)nc(Nc2ccccc2)n1. The Morgan fingerprint density at radius 3 is 1.38 bits per heavy atom. The Kier molecular flexibility index (Phi) is 9.35. The van der Waals surface area contributed by atoms with E-state index in [0.717, 1.165) is 17.9 Å². The van der Waals surface area contributed by atoms with Gasteiger partial charge in [0, 0.05) is 43.1 Å². The zero-order valence-electron chi connectivity index (χ0n) is 22.8. The second-order valence-electron chi connectivity index (χ2n) is 9.78. The largest absolute Gasteiger partial charge is 0.353 e. The second kappa shape index (κ2) is 13.3. The van der Waals surface area contributed by atoms with Crippen LogP contribution in [-0.2, 0) is 0 Å². The van der Waals surface area contributed by atoms with Gasteiger partial charge in [0.25, 0.3) is 0 Å². The molecule has 12 nitrogen and oxygen atoms in total. The van der Waals surface area contributed by atoms with Crippen molar-refractivity contribution in [1.29, 1.82) is 0 Å². The summed E-state index contributed by atoms with van der Waals surface area (Å²) in [7, 11) is 0. The Morgan fingerprint density at radius 2 is 0.897 bits per heavy atom. The van der Waals surface area contributed by atoms with Crippen LogP contribution in [0.4, 0.5) is 41.1 Å². The van der Waals surface area contributed by atoms with Crippen molar-refractivity contribution in [2.45, 2.75) is 33.2 Å². The first-order valence-corrected chi connectivity index (χ1v) is 12.9. The van der Waals surface area contributed by atoms with Crippen molar-refractivity contribution in [1.82, 2.24) is 35.2 Å². The minimum absolute atomic E-state index is 0.0377. The summed E-state index contributed by atoms with van der Waals surface area (Å²) < 4.78 is 0. The molecule has 2 aromatic heterocycles. The maximum atomic E-state index is 4.54. The average molecular weight is 529 g/mol. The Morgan fingerprint density at radius 1 is 0.513 bits per heavy atom. The van der Waals surface area contributed by atoms with E-state index in [1.165, 1.54) is 0 Å². The highest BCUT2D eigenvalue weighted by atomic mass is 15.3. The van der Waals surface area contributed by atoms with Gasteiger partial charge in [-0.15, -0.1) is 0 Å². The predicted octanol–water partition coefficient (Wildman–Crippen LogP) is 4.18. The van der Waals surface area contributed by atoms with Gasteiger partial charge < -0.3 is 31.9 Å². The van der Waals surface area contributed by atoms with Gasteiger partial charge in [-0.05, 0) is 52.0 Å². The van der Waals surface area contributed by atoms with Crippen LogP contribution in [0.1, 0.15) is 26.6 Å². The van der Waals surface area contributed by atoms with E-state index in [9.17, 15) is 0 Å². The first-order chi connectivity index (χ1) is 18.8. The summed E-state index contributed by atoms with van der Waals surface area (Å²) in [5.41, 5.74) is 1.83. The zero-order chi connectivity index (χ0) is 27.5. The summed E-state index contributed by atoms with van der Waals surface area (Å²) >= 11 is 0. The van der Waals surface area contributed by atoms with Crippen molar-refractivity contribution in [3.8, 4) is 0 Å². The first kappa shape index (κ1) is 27.5. The van der Waals surface area contributed by atoms with E-state index in [1.807, 2.05) is 67.6 Å². The van der Waals surface area contributed by atoms with E-state index < -0.39 is 0 Å². The second-order valence-corrected chi connectivity index (χ2v) is 9.78. The summed E-state index contributed by atoms with van der Waals surface area (Å²) in [5, 5.41) is 19.7. The molecule has 4 rings (SSSR count). The third-order valence-corrected chi connectivity index (χ3v) is 5.20. The van der Waals surface area contributed by atoms with E-state index in [1.54, 1.807) is 0 Å². The van der Waals surface area contributed by atoms with Crippen molar-refractivity contribution < 1.29 is 0 Å².